The molecule has 1 N–H and O–H groups in total. The van der Waals surface area contributed by atoms with Crippen molar-refractivity contribution in [1.29, 1.82) is 0 Å². The second-order valence-electron chi connectivity index (χ2n) is 3.44. The molecule has 3 nitrogen and oxygen atoms in total. The van der Waals surface area contributed by atoms with Crippen molar-refractivity contribution in [1.82, 2.24) is 10.3 Å². The number of nitrogens with one attached hydrogen (secondary N) is 1. The summed E-state index contributed by atoms with van der Waals surface area (Å²) in [7, 11) is -0.705. The van der Waals surface area contributed by atoms with Crippen LogP contribution in [-0.4, -0.2) is 27.5 Å². The smallest absolute Gasteiger partial charge is 0.0794 e. The van der Waals surface area contributed by atoms with Gasteiger partial charge in [-0.2, -0.15) is 0 Å². The van der Waals surface area contributed by atoms with Crippen molar-refractivity contribution in [3.8, 4) is 0 Å². The predicted molar refractivity (Wildman–Crippen MR) is 59.9 cm³/mol. The molecule has 0 amide bonds. The van der Waals surface area contributed by atoms with Crippen molar-refractivity contribution < 1.29 is 4.21 Å². The van der Waals surface area contributed by atoms with E-state index in [0.29, 0.717) is 11.0 Å². The zero-order valence-electron chi connectivity index (χ0n) is 7.94. The number of thiazole rings is 1. The van der Waals surface area contributed by atoms with Crippen LogP contribution < -0.4 is 5.32 Å². The van der Waals surface area contributed by atoms with Gasteiger partial charge in [0.05, 0.1) is 11.3 Å². The summed E-state index contributed by atoms with van der Waals surface area (Å²) in [5.41, 5.74) is 1.80. The average Bonchev–Trinajstić information content (AvgIpc) is 2.72. The number of hydrogen-bond donors (Lipinski definition) is 1. The first kappa shape index (κ1) is 10.3. The van der Waals surface area contributed by atoms with E-state index >= 15 is 0 Å². The molecule has 78 valence electrons. The van der Waals surface area contributed by atoms with Gasteiger partial charge in [-0.1, -0.05) is 0 Å². The van der Waals surface area contributed by atoms with Crippen LogP contribution in [0.1, 0.15) is 17.7 Å². The molecule has 1 fully saturated rings. The topological polar surface area (TPSA) is 42.0 Å². The fraction of sp³-hybridized carbons (Fsp3) is 0.667. The van der Waals surface area contributed by atoms with Crippen molar-refractivity contribution in [3.05, 3.63) is 16.6 Å². The van der Waals surface area contributed by atoms with Gasteiger partial charge in [0, 0.05) is 27.1 Å². The van der Waals surface area contributed by atoms with Crippen molar-refractivity contribution in [2.75, 3.05) is 13.1 Å². The first-order valence-corrected chi connectivity index (χ1v) is 7.07. The Balaban J connectivity index is 1.88. The summed E-state index contributed by atoms with van der Waals surface area (Å²) in [5, 5.41) is 3.67. The molecule has 0 saturated carbocycles. The minimum absolute atomic E-state index is 0.387. The van der Waals surface area contributed by atoms with Gasteiger partial charge in [-0.05, 0) is 25.9 Å². The third-order valence-corrected chi connectivity index (χ3v) is 5.20. The Morgan fingerprint density at radius 1 is 1.57 bits per heavy atom. The second-order valence-corrected chi connectivity index (χ2v) is 6.13. The highest BCUT2D eigenvalue weighted by molar-refractivity contribution is 7.85. The normalized spacial score (nSPS) is 20.9. The Hall–Kier alpha value is -0.260. The van der Waals surface area contributed by atoms with E-state index in [-0.39, 0.29) is 0 Å². The fourth-order valence-electron chi connectivity index (χ4n) is 1.63. The molecule has 2 heterocycles. The van der Waals surface area contributed by atoms with E-state index in [1.165, 1.54) is 0 Å². The first-order chi connectivity index (χ1) is 6.86. The largest absolute Gasteiger partial charge is 0.317 e. The third-order valence-electron chi connectivity index (χ3n) is 2.43. The zero-order chi connectivity index (χ0) is 9.80. The molecule has 1 aromatic rings. The maximum Gasteiger partial charge on any atom is 0.0794 e. The molecule has 1 saturated heterocycles. The average molecular weight is 230 g/mol. The van der Waals surface area contributed by atoms with Gasteiger partial charge >= 0.3 is 0 Å². The number of aromatic nitrogens is 1. The summed E-state index contributed by atoms with van der Waals surface area (Å²) >= 11 is 1.60. The monoisotopic (exact) mass is 230 g/mol. The molecule has 14 heavy (non-hydrogen) atoms. The van der Waals surface area contributed by atoms with Crippen molar-refractivity contribution >= 4 is 22.1 Å². The number of rotatable bonds is 3. The molecule has 1 aliphatic rings. The van der Waals surface area contributed by atoms with E-state index < -0.39 is 10.8 Å². The summed E-state index contributed by atoms with van der Waals surface area (Å²) in [6.07, 6.45) is 3.92. The molecule has 0 aromatic carbocycles. The molecular weight excluding hydrogens is 216 g/mol. The zero-order valence-corrected chi connectivity index (χ0v) is 9.57. The van der Waals surface area contributed by atoms with Gasteiger partial charge in [-0.3, -0.25) is 9.19 Å². The lowest BCUT2D eigenvalue weighted by Gasteiger charge is -2.21. The minimum atomic E-state index is -0.705. The van der Waals surface area contributed by atoms with Crippen LogP contribution in [0.4, 0.5) is 0 Å². The molecule has 2 rings (SSSR count). The Morgan fingerprint density at radius 2 is 2.36 bits per heavy atom. The minimum Gasteiger partial charge on any atom is -0.317 e. The molecule has 0 bridgehead atoms. The summed E-state index contributed by atoms with van der Waals surface area (Å²) in [5.74, 6) is 0.690. The van der Waals surface area contributed by atoms with Crippen LogP contribution in [0.5, 0.6) is 0 Å². The Morgan fingerprint density at radius 3 is 3.00 bits per heavy atom. The van der Waals surface area contributed by atoms with Gasteiger partial charge in [0.2, 0.25) is 0 Å². The highest BCUT2D eigenvalue weighted by Gasteiger charge is 2.19. The Bertz CT molecular complexity index is 294. The van der Waals surface area contributed by atoms with Gasteiger partial charge in [0.25, 0.3) is 0 Å². The van der Waals surface area contributed by atoms with E-state index in [0.717, 1.165) is 30.8 Å². The molecule has 0 radical (unpaired) electrons. The van der Waals surface area contributed by atoms with Crippen molar-refractivity contribution in [2.45, 2.75) is 23.8 Å². The summed E-state index contributed by atoms with van der Waals surface area (Å²) < 4.78 is 11.9. The van der Waals surface area contributed by atoms with Crippen molar-refractivity contribution in [3.63, 3.8) is 0 Å². The molecule has 1 aromatic heterocycles. The van der Waals surface area contributed by atoms with Crippen LogP contribution in [0.3, 0.4) is 0 Å². The molecule has 1 atom stereocenters. The molecule has 0 spiro atoms. The second kappa shape index (κ2) is 5.00. The fourth-order valence-corrected chi connectivity index (χ4v) is 3.98. The first-order valence-electron chi connectivity index (χ1n) is 4.81. The molecular formula is C9H14N2OS2. The third kappa shape index (κ3) is 2.62. The standard InChI is InChI=1S/C9H14N2OS2/c12-14(6-8-5-11-7-13-8)9-1-3-10-4-2-9/h5,7,9-10H,1-4,6H2/t14-/m1/s1. The highest BCUT2D eigenvalue weighted by atomic mass is 32.2. The van der Waals surface area contributed by atoms with Gasteiger partial charge in [0.1, 0.15) is 0 Å². The number of piperidine rings is 1. The van der Waals surface area contributed by atoms with Crippen LogP contribution in [0.15, 0.2) is 11.7 Å². The lowest BCUT2D eigenvalue weighted by atomic mass is 10.2. The van der Waals surface area contributed by atoms with Crippen molar-refractivity contribution in [2.24, 2.45) is 0 Å². The van der Waals surface area contributed by atoms with Crippen LogP contribution >= 0.6 is 11.3 Å². The van der Waals surface area contributed by atoms with Gasteiger partial charge in [0.15, 0.2) is 0 Å². The van der Waals surface area contributed by atoms with Gasteiger partial charge < -0.3 is 5.32 Å². The SMILES string of the molecule is O=[S@](Cc1cncs1)C1CCNCC1. The number of nitrogens with zero attached hydrogens (tertiary/aromatic N) is 1. The van der Waals surface area contributed by atoms with E-state index in [9.17, 15) is 4.21 Å². The van der Waals surface area contributed by atoms with Crippen LogP contribution in [0.2, 0.25) is 0 Å². The Labute approximate surface area is 90.4 Å². The van der Waals surface area contributed by atoms with Crippen LogP contribution in [-0.2, 0) is 16.6 Å². The van der Waals surface area contributed by atoms with E-state index in [4.69, 9.17) is 0 Å². The molecule has 5 heteroatoms. The lowest BCUT2D eigenvalue weighted by molar-refractivity contribution is 0.519. The maximum absolute atomic E-state index is 11.9. The number of hydrogen-bond acceptors (Lipinski definition) is 4. The van der Waals surface area contributed by atoms with E-state index in [1.54, 1.807) is 16.8 Å². The summed E-state index contributed by atoms with van der Waals surface area (Å²) in [4.78, 5) is 5.13. The summed E-state index contributed by atoms with van der Waals surface area (Å²) in [6.45, 7) is 2.03. The van der Waals surface area contributed by atoms with Gasteiger partial charge in [-0.25, -0.2) is 0 Å². The maximum atomic E-state index is 11.9. The van der Waals surface area contributed by atoms with E-state index in [1.807, 2.05) is 6.20 Å². The van der Waals surface area contributed by atoms with E-state index in [2.05, 4.69) is 10.3 Å². The van der Waals surface area contributed by atoms with Crippen LogP contribution in [0, 0.1) is 0 Å². The molecule has 1 aliphatic heterocycles. The molecule has 0 aliphatic carbocycles. The van der Waals surface area contributed by atoms with Crippen LogP contribution in [0.25, 0.3) is 0 Å². The Kier molecular flexibility index (Phi) is 3.67. The summed E-state index contributed by atoms with van der Waals surface area (Å²) in [6, 6.07) is 0. The quantitative estimate of drug-likeness (QED) is 0.847. The molecule has 0 unspecified atom stereocenters. The van der Waals surface area contributed by atoms with Gasteiger partial charge in [-0.15, -0.1) is 11.3 Å². The lowest BCUT2D eigenvalue weighted by Crippen LogP contribution is -2.33. The predicted octanol–water partition coefficient (Wildman–Crippen LogP) is 1.14. The highest BCUT2D eigenvalue weighted by Crippen LogP contribution is 2.16.